The Morgan fingerprint density at radius 2 is 2.20 bits per heavy atom. The van der Waals surface area contributed by atoms with Crippen molar-refractivity contribution in [3.05, 3.63) is 41.2 Å². The van der Waals surface area contributed by atoms with Crippen LogP contribution in [-0.4, -0.2) is 42.0 Å². The number of piperidine rings is 1. The van der Waals surface area contributed by atoms with Gasteiger partial charge in [0.05, 0.1) is 11.4 Å². The van der Waals surface area contributed by atoms with E-state index in [2.05, 4.69) is 15.2 Å². The van der Waals surface area contributed by atoms with Gasteiger partial charge in [-0.2, -0.15) is 0 Å². The molecule has 1 aromatic carbocycles. The van der Waals surface area contributed by atoms with E-state index in [0.29, 0.717) is 16.9 Å². The molecule has 1 aromatic heterocycles. The average molecular weight is 362 g/mol. The van der Waals surface area contributed by atoms with Crippen LogP contribution >= 0.6 is 11.3 Å². The minimum absolute atomic E-state index is 0.138. The molecule has 0 saturated carbocycles. The summed E-state index contributed by atoms with van der Waals surface area (Å²) in [4.78, 5) is 20.7. The number of rotatable bonds is 5. The molecule has 1 saturated heterocycles. The van der Waals surface area contributed by atoms with Gasteiger partial charge in [0.1, 0.15) is 5.82 Å². The van der Waals surface area contributed by atoms with E-state index in [4.69, 9.17) is 0 Å². The Labute approximate surface area is 151 Å². The van der Waals surface area contributed by atoms with Gasteiger partial charge in [-0.05, 0) is 50.7 Å². The van der Waals surface area contributed by atoms with Crippen molar-refractivity contribution in [2.24, 2.45) is 0 Å². The molecule has 2 heterocycles. The number of nitrogens with zero attached hydrogens (tertiary/aromatic N) is 3. The van der Waals surface area contributed by atoms with Crippen molar-refractivity contribution in [2.45, 2.75) is 32.4 Å². The maximum Gasteiger partial charge on any atom is 0.230 e. The van der Waals surface area contributed by atoms with Crippen LogP contribution in [0.5, 0.6) is 0 Å². The van der Waals surface area contributed by atoms with Gasteiger partial charge < -0.3 is 5.32 Å². The first-order valence-corrected chi connectivity index (χ1v) is 9.35. The number of likely N-dealkylation sites (tertiary alicyclic amines) is 1. The first-order valence-electron chi connectivity index (χ1n) is 8.47. The molecule has 2 aromatic rings. The fourth-order valence-corrected chi connectivity index (χ4v) is 4.03. The number of nitrogens with one attached hydrogen (secondary N) is 1. The number of hydrogen-bond acceptors (Lipinski definition) is 5. The highest BCUT2D eigenvalue weighted by Crippen LogP contribution is 2.29. The Kier molecular flexibility index (Phi) is 5.78. The molecular formula is C18H23FN4OS. The van der Waals surface area contributed by atoms with Crippen molar-refractivity contribution in [3.8, 4) is 0 Å². The monoisotopic (exact) mass is 362 g/mol. The average Bonchev–Trinajstić information content (AvgIpc) is 3.04. The Balaban J connectivity index is 1.74. The van der Waals surface area contributed by atoms with Crippen LogP contribution in [0.2, 0.25) is 0 Å². The highest BCUT2D eigenvalue weighted by Gasteiger charge is 2.21. The number of hydrogen-bond donors (Lipinski definition) is 1. The molecule has 0 spiro atoms. The summed E-state index contributed by atoms with van der Waals surface area (Å²) >= 11 is 1.44. The van der Waals surface area contributed by atoms with Crippen LogP contribution in [0.4, 0.5) is 15.2 Å². The molecule has 1 unspecified atom stereocenters. The number of likely N-dealkylation sites (N-methyl/N-ethyl adjacent to an activating group) is 1. The Bertz CT molecular complexity index is 718. The fourth-order valence-electron chi connectivity index (χ4n) is 3.15. The van der Waals surface area contributed by atoms with Gasteiger partial charge in [-0.15, -0.1) is 11.3 Å². The molecule has 0 radical (unpaired) electrons. The molecule has 25 heavy (non-hydrogen) atoms. The van der Waals surface area contributed by atoms with E-state index in [1.165, 1.54) is 48.1 Å². The molecule has 1 aliphatic rings. The van der Waals surface area contributed by atoms with Gasteiger partial charge >= 0.3 is 0 Å². The smallest absolute Gasteiger partial charge is 0.230 e. The van der Waals surface area contributed by atoms with Crippen LogP contribution in [0.1, 0.15) is 25.5 Å². The molecule has 3 rings (SSSR count). The molecule has 7 heteroatoms. The summed E-state index contributed by atoms with van der Waals surface area (Å²) in [5, 5.41) is 5.96. The van der Waals surface area contributed by atoms with Crippen LogP contribution < -0.4 is 10.2 Å². The van der Waals surface area contributed by atoms with Crippen LogP contribution in [-0.2, 0) is 11.3 Å². The minimum atomic E-state index is -0.323. The number of anilines is 2. The maximum absolute atomic E-state index is 13.2. The first kappa shape index (κ1) is 18.0. The van der Waals surface area contributed by atoms with E-state index in [1.54, 1.807) is 12.1 Å². The summed E-state index contributed by atoms with van der Waals surface area (Å²) in [7, 11) is 2.00. The predicted octanol–water partition coefficient (Wildman–Crippen LogP) is 3.15. The topological polar surface area (TPSA) is 48.5 Å². The van der Waals surface area contributed by atoms with Crippen molar-refractivity contribution >= 4 is 28.1 Å². The van der Waals surface area contributed by atoms with Crippen molar-refractivity contribution in [1.29, 1.82) is 0 Å². The molecule has 1 aliphatic heterocycles. The van der Waals surface area contributed by atoms with Crippen LogP contribution in [0.3, 0.4) is 0 Å². The summed E-state index contributed by atoms with van der Waals surface area (Å²) in [6, 6.07) is 6.43. The lowest BCUT2D eigenvalue weighted by Crippen LogP contribution is -2.43. The van der Waals surface area contributed by atoms with Gasteiger partial charge in [0.2, 0.25) is 5.91 Å². The third-order valence-corrected chi connectivity index (χ3v) is 5.30. The number of benzene rings is 1. The molecule has 1 atom stereocenters. The molecule has 1 fully saturated rings. The fraction of sp³-hybridized carbons (Fsp3) is 0.444. The lowest BCUT2D eigenvalue weighted by Gasteiger charge is -2.31. The van der Waals surface area contributed by atoms with Crippen LogP contribution in [0.15, 0.2) is 29.6 Å². The second-order valence-electron chi connectivity index (χ2n) is 6.32. The quantitative estimate of drug-likeness (QED) is 0.888. The zero-order chi connectivity index (χ0) is 17.8. The molecule has 5 nitrogen and oxygen atoms in total. The number of carbonyl (C=O) groups is 1. The predicted molar refractivity (Wildman–Crippen MR) is 98.7 cm³/mol. The SMILES string of the molecule is CNC1CCCN(Cc2csc(N(C(C)=O)c3ccc(F)cc3)n2)C1. The lowest BCUT2D eigenvalue weighted by atomic mass is 10.1. The number of carbonyl (C=O) groups excluding carboxylic acids is 1. The molecule has 134 valence electrons. The second-order valence-corrected chi connectivity index (χ2v) is 7.15. The zero-order valence-electron chi connectivity index (χ0n) is 14.5. The largest absolute Gasteiger partial charge is 0.316 e. The minimum Gasteiger partial charge on any atom is -0.316 e. The number of thiazole rings is 1. The van der Waals surface area contributed by atoms with Crippen molar-refractivity contribution in [1.82, 2.24) is 15.2 Å². The van der Waals surface area contributed by atoms with Gasteiger partial charge in [-0.3, -0.25) is 14.6 Å². The highest BCUT2D eigenvalue weighted by molar-refractivity contribution is 7.14. The zero-order valence-corrected chi connectivity index (χ0v) is 15.4. The van der Waals surface area contributed by atoms with E-state index in [9.17, 15) is 9.18 Å². The highest BCUT2D eigenvalue weighted by atomic mass is 32.1. The van der Waals surface area contributed by atoms with Gasteiger partial charge in [0.15, 0.2) is 5.13 Å². The summed E-state index contributed by atoms with van der Waals surface area (Å²) in [5.74, 6) is -0.461. The Hall–Kier alpha value is -1.83. The summed E-state index contributed by atoms with van der Waals surface area (Å²) in [6.07, 6.45) is 2.38. The number of amides is 1. The normalized spacial score (nSPS) is 18.3. The van der Waals surface area contributed by atoms with Crippen molar-refractivity contribution < 1.29 is 9.18 Å². The summed E-state index contributed by atoms with van der Waals surface area (Å²) in [5.41, 5.74) is 1.59. The third kappa shape index (κ3) is 4.42. The van der Waals surface area contributed by atoms with Gasteiger partial charge in [0.25, 0.3) is 0 Å². The molecule has 0 aliphatic carbocycles. The maximum atomic E-state index is 13.2. The molecule has 1 amide bonds. The Morgan fingerprint density at radius 3 is 2.88 bits per heavy atom. The van der Waals surface area contributed by atoms with E-state index >= 15 is 0 Å². The molecular weight excluding hydrogens is 339 g/mol. The summed E-state index contributed by atoms with van der Waals surface area (Å²) < 4.78 is 13.2. The second kappa shape index (κ2) is 8.03. The number of aromatic nitrogens is 1. The van der Waals surface area contributed by atoms with E-state index in [0.717, 1.165) is 25.3 Å². The van der Waals surface area contributed by atoms with Crippen molar-refractivity contribution in [2.75, 3.05) is 25.0 Å². The van der Waals surface area contributed by atoms with Crippen molar-refractivity contribution in [3.63, 3.8) is 0 Å². The third-order valence-electron chi connectivity index (χ3n) is 4.43. The summed E-state index contributed by atoms with van der Waals surface area (Å²) in [6.45, 7) is 4.35. The van der Waals surface area contributed by atoms with Gasteiger partial charge in [-0.1, -0.05) is 0 Å². The van der Waals surface area contributed by atoms with Gasteiger partial charge in [0, 0.05) is 31.4 Å². The standard InChI is InChI=1S/C18H23FN4OS/c1-13(24)23(17-7-5-14(19)6-8-17)18-21-16(12-25-18)11-22-9-3-4-15(10-22)20-2/h5-8,12,15,20H,3-4,9-11H2,1-2H3. The van der Waals surface area contributed by atoms with Crippen LogP contribution in [0.25, 0.3) is 0 Å². The Morgan fingerprint density at radius 1 is 1.44 bits per heavy atom. The van der Waals surface area contributed by atoms with E-state index in [1.807, 2.05) is 12.4 Å². The van der Waals surface area contributed by atoms with Crippen LogP contribution in [0, 0.1) is 5.82 Å². The van der Waals surface area contributed by atoms with E-state index < -0.39 is 0 Å². The van der Waals surface area contributed by atoms with E-state index in [-0.39, 0.29) is 11.7 Å². The number of halogens is 1. The molecule has 1 N–H and O–H groups in total. The molecule has 0 bridgehead atoms. The lowest BCUT2D eigenvalue weighted by molar-refractivity contribution is -0.115. The first-order chi connectivity index (χ1) is 12.1. The van der Waals surface area contributed by atoms with Gasteiger partial charge in [-0.25, -0.2) is 9.37 Å².